The van der Waals surface area contributed by atoms with Gasteiger partial charge in [-0.25, -0.2) is 9.97 Å². The van der Waals surface area contributed by atoms with E-state index in [4.69, 9.17) is 5.11 Å². The first-order chi connectivity index (χ1) is 8.61. The van der Waals surface area contributed by atoms with Gasteiger partial charge in [-0.1, -0.05) is 12.1 Å². The van der Waals surface area contributed by atoms with Gasteiger partial charge in [0.05, 0.1) is 6.61 Å². The average Bonchev–Trinajstić information content (AvgIpc) is 2.37. The van der Waals surface area contributed by atoms with Gasteiger partial charge >= 0.3 is 0 Å². The van der Waals surface area contributed by atoms with Crippen LogP contribution < -0.4 is 4.90 Å². The molecular weight excluding hydrogens is 226 g/mol. The number of aromatic nitrogens is 2. The number of aliphatic hydroxyl groups excluding tert-OH is 1. The van der Waals surface area contributed by atoms with Crippen LogP contribution in [0.25, 0.3) is 0 Å². The van der Waals surface area contributed by atoms with E-state index < -0.39 is 0 Å². The third-order valence-electron chi connectivity index (χ3n) is 2.93. The number of aliphatic hydroxyl groups is 1. The minimum absolute atomic E-state index is 0.0275. The first kappa shape index (κ1) is 12.5. The highest BCUT2D eigenvalue weighted by Gasteiger charge is 2.09. The van der Waals surface area contributed by atoms with Gasteiger partial charge in [0.25, 0.3) is 0 Å². The summed E-state index contributed by atoms with van der Waals surface area (Å²) in [5.74, 6) is 0.635. The van der Waals surface area contributed by atoms with E-state index in [1.807, 2.05) is 31.0 Å². The van der Waals surface area contributed by atoms with E-state index in [0.29, 0.717) is 5.95 Å². The van der Waals surface area contributed by atoms with Crippen LogP contribution in [-0.4, -0.2) is 22.1 Å². The minimum atomic E-state index is -0.0275. The van der Waals surface area contributed by atoms with Gasteiger partial charge in [-0.3, -0.25) is 0 Å². The van der Waals surface area contributed by atoms with Crippen molar-refractivity contribution in [2.75, 3.05) is 11.9 Å². The van der Waals surface area contributed by atoms with E-state index in [2.05, 4.69) is 29.0 Å². The van der Waals surface area contributed by atoms with Crippen molar-refractivity contribution in [2.45, 2.75) is 20.5 Å². The fraction of sp³-hybridized carbons (Fsp3) is 0.286. The molecule has 0 aliphatic rings. The van der Waals surface area contributed by atoms with Crippen molar-refractivity contribution >= 4 is 11.6 Å². The van der Waals surface area contributed by atoms with E-state index in [1.165, 1.54) is 5.56 Å². The molecule has 1 aromatic heterocycles. The van der Waals surface area contributed by atoms with Gasteiger partial charge in [0.1, 0.15) is 0 Å². The second-order valence-corrected chi connectivity index (χ2v) is 4.34. The van der Waals surface area contributed by atoms with Crippen LogP contribution in [0.1, 0.15) is 16.8 Å². The van der Waals surface area contributed by atoms with Crippen LogP contribution >= 0.6 is 0 Å². The van der Waals surface area contributed by atoms with Crippen LogP contribution in [0.5, 0.6) is 0 Å². The lowest BCUT2D eigenvalue weighted by molar-refractivity contribution is 0.280. The average molecular weight is 243 g/mol. The van der Waals surface area contributed by atoms with Gasteiger partial charge in [0, 0.05) is 30.2 Å². The van der Waals surface area contributed by atoms with Crippen molar-refractivity contribution in [3.63, 3.8) is 0 Å². The first-order valence-corrected chi connectivity index (χ1v) is 5.85. The van der Waals surface area contributed by atoms with Crippen molar-refractivity contribution in [2.24, 2.45) is 0 Å². The molecule has 0 unspecified atom stereocenters. The Morgan fingerprint density at radius 3 is 2.67 bits per heavy atom. The quantitative estimate of drug-likeness (QED) is 0.899. The van der Waals surface area contributed by atoms with Crippen LogP contribution in [0.2, 0.25) is 0 Å². The number of aryl methyl sites for hydroxylation is 2. The van der Waals surface area contributed by atoms with Crippen molar-refractivity contribution in [1.29, 1.82) is 0 Å². The standard InChI is InChI=1S/C14H17N3O/c1-10-5-4-6-13(7-10)17(3)14-15-8-12(9-18)11(2)16-14/h4-8,18H,9H2,1-3H3. The third-order valence-corrected chi connectivity index (χ3v) is 2.93. The zero-order valence-corrected chi connectivity index (χ0v) is 10.9. The molecular formula is C14H17N3O. The second kappa shape index (κ2) is 5.14. The van der Waals surface area contributed by atoms with E-state index >= 15 is 0 Å². The van der Waals surface area contributed by atoms with E-state index in [-0.39, 0.29) is 6.61 Å². The molecule has 0 saturated carbocycles. The number of benzene rings is 1. The van der Waals surface area contributed by atoms with Crippen LogP contribution in [0.4, 0.5) is 11.6 Å². The molecule has 0 atom stereocenters. The molecule has 0 aliphatic carbocycles. The highest BCUT2D eigenvalue weighted by molar-refractivity contribution is 5.57. The lowest BCUT2D eigenvalue weighted by atomic mass is 10.2. The molecule has 0 fully saturated rings. The summed E-state index contributed by atoms with van der Waals surface area (Å²) in [6.45, 7) is 3.90. The maximum atomic E-state index is 9.11. The van der Waals surface area contributed by atoms with Crippen LogP contribution in [-0.2, 0) is 6.61 Å². The van der Waals surface area contributed by atoms with Gasteiger partial charge in [-0.2, -0.15) is 0 Å². The first-order valence-electron chi connectivity index (χ1n) is 5.85. The van der Waals surface area contributed by atoms with Crippen molar-refractivity contribution < 1.29 is 5.11 Å². The molecule has 0 amide bonds. The van der Waals surface area contributed by atoms with Gasteiger partial charge in [0.15, 0.2) is 0 Å². The van der Waals surface area contributed by atoms with Crippen molar-refractivity contribution in [3.05, 3.63) is 47.3 Å². The summed E-state index contributed by atoms with van der Waals surface area (Å²) < 4.78 is 0. The molecule has 2 aromatic rings. The molecule has 0 spiro atoms. The molecule has 1 aromatic carbocycles. The molecule has 4 heteroatoms. The number of anilines is 2. The fourth-order valence-electron chi connectivity index (χ4n) is 1.75. The van der Waals surface area contributed by atoms with E-state index in [1.54, 1.807) is 6.20 Å². The SMILES string of the molecule is Cc1cccc(N(C)c2ncc(CO)c(C)n2)c1. The zero-order valence-electron chi connectivity index (χ0n) is 10.9. The maximum Gasteiger partial charge on any atom is 0.229 e. The van der Waals surface area contributed by atoms with Crippen LogP contribution in [0, 0.1) is 13.8 Å². The Kier molecular flexibility index (Phi) is 3.58. The maximum absolute atomic E-state index is 9.11. The molecule has 4 nitrogen and oxygen atoms in total. The highest BCUT2D eigenvalue weighted by atomic mass is 16.3. The summed E-state index contributed by atoms with van der Waals surface area (Å²) in [6, 6.07) is 8.17. The minimum Gasteiger partial charge on any atom is -0.392 e. The second-order valence-electron chi connectivity index (χ2n) is 4.34. The molecule has 94 valence electrons. The Bertz CT molecular complexity index is 554. The number of rotatable bonds is 3. The molecule has 0 saturated heterocycles. The van der Waals surface area contributed by atoms with Crippen molar-refractivity contribution in [3.8, 4) is 0 Å². The summed E-state index contributed by atoms with van der Waals surface area (Å²) in [5.41, 5.74) is 3.81. The largest absolute Gasteiger partial charge is 0.392 e. The van der Waals surface area contributed by atoms with Gasteiger partial charge < -0.3 is 10.0 Å². The Hall–Kier alpha value is -1.94. The lowest BCUT2D eigenvalue weighted by Crippen LogP contribution is -2.14. The van der Waals surface area contributed by atoms with Gasteiger partial charge in [0.2, 0.25) is 5.95 Å². The fourth-order valence-corrected chi connectivity index (χ4v) is 1.75. The van der Waals surface area contributed by atoms with Gasteiger partial charge in [-0.15, -0.1) is 0 Å². The zero-order chi connectivity index (χ0) is 13.1. The third kappa shape index (κ3) is 2.49. The molecule has 2 rings (SSSR count). The predicted molar refractivity (Wildman–Crippen MR) is 71.9 cm³/mol. The summed E-state index contributed by atoms with van der Waals surface area (Å²) in [6.07, 6.45) is 1.67. The van der Waals surface area contributed by atoms with E-state index in [9.17, 15) is 0 Å². The lowest BCUT2D eigenvalue weighted by Gasteiger charge is -2.18. The monoisotopic (exact) mass is 243 g/mol. The van der Waals surface area contributed by atoms with E-state index in [0.717, 1.165) is 16.9 Å². The molecule has 1 heterocycles. The Balaban J connectivity index is 2.34. The summed E-state index contributed by atoms with van der Waals surface area (Å²) in [7, 11) is 1.93. The topological polar surface area (TPSA) is 49.2 Å². The Morgan fingerprint density at radius 1 is 1.28 bits per heavy atom. The Labute approximate surface area is 107 Å². The Morgan fingerprint density at radius 2 is 2.06 bits per heavy atom. The van der Waals surface area contributed by atoms with Crippen molar-refractivity contribution in [1.82, 2.24) is 9.97 Å². The van der Waals surface area contributed by atoms with Gasteiger partial charge in [-0.05, 0) is 31.5 Å². The molecule has 1 N–H and O–H groups in total. The predicted octanol–water partition coefficient (Wildman–Crippen LogP) is 2.35. The summed E-state index contributed by atoms with van der Waals surface area (Å²) >= 11 is 0. The normalized spacial score (nSPS) is 10.4. The molecule has 0 radical (unpaired) electrons. The highest BCUT2D eigenvalue weighted by Crippen LogP contribution is 2.21. The van der Waals surface area contributed by atoms with Crippen LogP contribution in [0.3, 0.4) is 0 Å². The molecule has 18 heavy (non-hydrogen) atoms. The number of nitrogens with zero attached hydrogens (tertiary/aromatic N) is 3. The summed E-state index contributed by atoms with van der Waals surface area (Å²) in [4.78, 5) is 10.6. The number of hydrogen-bond acceptors (Lipinski definition) is 4. The summed E-state index contributed by atoms with van der Waals surface area (Å²) in [5, 5.41) is 9.11. The molecule has 0 bridgehead atoms. The smallest absolute Gasteiger partial charge is 0.229 e. The number of hydrogen-bond donors (Lipinski definition) is 1. The molecule has 0 aliphatic heterocycles. The van der Waals surface area contributed by atoms with Crippen LogP contribution in [0.15, 0.2) is 30.5 Å².